The summed E-state index contributed by atoms with van der Waals surface area (Å²) < 4.78 is 1.13. The topological polar surface area (TPSA) is 61.4 Å². The molecule has 0 saturated carbocycles. The number of hydrogen-bond donors (Lipinski definition) is 3. The molecule has 0 saturated heterocycles. The SMILES string of the molecule is Cc1cc(C)cc(NC(=O)NCC(O)c2csc3ccccc23)c1. The van der Waals surface area contributed by atoms with Crippen molar-refractivity contribution >= 4 is 33.1 Å². The number of amides is 2. The summed E-state index contributed by atoms with van der Waals surface area (Å²) in [5.41, 5.74) is 3.79. The maximum atomic E-state index is 12.0. The summed E-state index contributed by atoms with van der Waals surface area (Å²) in [5.74, 6) is 0. The van der Waals surface area contributed by atoms with E-state index in [1.54, 1.807) is 11.3 Å². The standard InChI is InChI=1S/C19H20N2O2S/c1-12-7-13(2)9-14(8-12)21-19(23)20-10-17(22)16-11-24-18-6-4-3-5-15(16)18/h3-9,11,17,22H,10H2,1-2H3,(H2,20,21,23). The highest BCUT2D eigenvalue weighted by Gasteiger charge is 2.14. The van der Waals surface area contributed by atoms with Gasteiger partial charge in [-0.15, -0.1) is 11.3 Å². The highest BCUT2D eigenvalue weighted by atomic mass is 32.1. The molecule has 124 valence electrons. The molecule has 0 spiro atoms. The fraction of sp³-hybridized carbons (Fsp3) is 0.211. The Labute approximate surface area is 145 Å². The summed E-state index contributed by atoms with van der Waals surface area (Å²) in [6.07, 6.45) is -0.730. The smallest absolute Gasteiger partial charge is 0.319 e. The second kappa shape index (κ2) is 7.03. The van der Waals surface area contributed by atoms with Crippen LogP contribution in [0.4, 0.5) is 10.5 Å². The van der Waals surface area contributed by atoms with Crippen LogP contribution in [0.1, 0.15) is 22.8 Å². The van der Waals surface area contributed by atoms with Crippen LogP contribution in [-0.2, 0) is 0 Å². The number of fused-ring (bicyclic) bond motifs is 1. The Hall–Kier alpha value is -2.37. The minimum Gasteiger partial charge on any atom is -0.387 e. The molecule has 1 aromatic heterocycles. The van der Waals surface area contributed by atoms with Gasteiger partial charge >= 0.3 is 6.03 Å². The third-order valence-electron chi connectivity index (χ3n) is 3.81. The Balaban J connectivity index is 1.61. The van der Waals surface area contributed by atoms with Gasteiger partial charge in [-0.05, 0) is 53.9 Å². The molecule has 0 aliphatic rings. The van der Waals surface area contributed by atoms with Crippen LogP contribution in [0.15, 0.2) is 47.8 Å². The van der Waals surface area contributed by atoms with E-state index in [1.165, 1.54) is 0 Å². The zero-order chi connectivity index (χ0) is 17.1. The molecule has 0 aliphatic carbocycles. The number of carbonyl (C=O) groups is 1. The van der Waals surface area contributed by atoms with E-state index < -0.39 is 6.10 Å². The lowest BCUT2D eigenvalue weighted by Gasteiger charge is -2.13. The molecule has 0 radical (unpaired) electrons. The van der Waals surface area contributed by atoms with Gasteiger partial charge in [0.25, 0.3) is 0 Å². The first-order valence-corrected chi connectivity index (χ1v) is 8.68. The van der Waals surface area contributed by atoms with Crippen LogP contribution in [-0.4, -0.2) is 17.7 Å². The van der Waals surface area contributed by atoms with Crippen LogP contribution >= 0.6 is 11.3 Å². The van der Waals surface area contributed by atoms with Crippen LogP contribution < -0.4 is 10.6 Å². The molecule has 0 aliphatic heterocycles. The summed E-state index contributed by atoms with van der Waals surface area (Å²) in [6, 6.07) is 13.5. The highest BCUT2D eigenvalue weighted by Crippen LogP contribution is 2.29. The third kappa shape index (κ3) is 3.75. The lowest BCUT2D eigenvalue weighted by Crippen LogP contribution is -2.32. The predicted molar refractivity (Wildman–Crippen MR) is 99.7 cm³/mol. The number of carbonyl (C=O) groups excluding carboxylic acids is 1. The summed E-state index contributed by atoms with van der Waals surface area (Å²) in [4.78, 5) is 12.0. The number of nitrogens with one attached hydrogen (secondary N) is 2. The van der Waals surface area contributed by atoms with Crippen molar-refractivity contribution in [1.29, 1.82) is 0 Å². The average Bonchev–Trinajstić information content (AvgIpc) is 2.95. The van der Waals surface area contributed by atoms with Gasteiger partial charge in [0.05, 0.1) is 6.10 Å². The van der Waals surface area contributed by atoms with Crippen molar-refractivity contribution in [2.24, 2.45) is 0 Å². The number of aliphatic hydroxyl groups excluding tert-OH is 1. The van der Waals surface area contributed by atoms with Crippen LogP contribution in [0.3, 0.4) is 0 Å². The zero-order valence-electron chi connectivity index (χ0n) is 13.7. The Bertz CT molecular complexity index is 852. The Kier molecular flexibility index (Phi) is 4.83. The van der Waals surface area contributed by atoms with Gasteiger partial charge in [0, 0.05) is 22.5 Å². The van der Waals surface area contributed by atoms with Crippen molar-refractivity contribution < 1.29 is 9.90 Å². The van der Waals surface area contributed by atoms with Crippen molar-refractivity contribution in [3.63, 3.8) is 0 Å². The Morgan fingerprint density at radius 1 is 1.17 bits per heavy atom. The monoisotopic (exact) mass is 340 g/mol. The number of benzene rings is 2. The van der Waals surface area contributed by atoms with Crippen molar-refractivity contribution in [2.45, 2.75) is 20.0 Å². The number of rotatable bonds is 4. The highest BCUT2D eigenvalue weighted by molar-refractivity contribution is 7.17. The van der Waals surface area contributed by atoms with E-state index in [0.29, 0.717) is 0 Å². The summed E-state index contributed by atoms with van der Waals surface area (Å²) >= 11 is 1.59. The van der Waals surface area contributed by atoms with Crippen molar-refractivity contribution in [2.75, 3.05) is 11.9 Å². The van der Waals surface area contributed by atoms with Crippen molar-refractivity contribution in [3.05, 3.63) is 64.5 Å². The lowest BCUT2D eigenvalue weighted by atomic mass is 10.1. The maximum absolute atomic E-state index is 12.0. The van der Waals surface area contributed by atoms with Crippen LogP contribution in [0.2, 0.25) is 0 Å². The lowest BCUT2D eigenvalue weighted by molar-refractivity contribution is 0.177. The number of hydrogen-bond acceptors (Lipinski definition) is 3. The summed E-state index contributed by atoms with van der Waals surface area (Å²) in [5, 5.41) is 18.9. The summed E-state index contributed by atoms with van der Waals surface area (Å²) in [6.45, 7) is 4.14. The Morgan fingerprint density at radius 2 is 1.88 bits per heavy atom. The van der Waals surface area contributed by atoms with E-state index >= 15 is 0 Å². The molecule has 2 aromatic carbocycles. The van der Waals surface area contributed by atoms with E-state index in [4.69, 9.17) is 0 Å². The van der Waals surface area contributed by atoms with E-state index in [2.05, 4.69) is 16.7 Å². The average molecular weight is 340 g/mol. The normalized spacial score (nSPS) is 12.1. The second-order valence-electron chi connectivity index (χ2n) is 5.91. The fourth-order valence-electron chi connectivity index (χ4n) is 2.78. The van der Waals surface area contributed by atoms with Gasteiger partial charge in [0.2, 0.25) is 0 Å². The fourth-order valence-corrected chi connectivity index (χ4v) is 3.79. The number of urea groups is 1. The largest absolute Gasteiger partial charge is 0.387 e. The van der Waals surface area contributed by atoms with E-state index in [1.807, 2.05) is 55.6 Å². The molecule has 1 heterocycles. The minimum absolute atomic E-state index is 0.164. The number of thiophene rings is 1. The quantitative estimate of drug-likeness (QED) is 0.660. The van der Waals surface area contributed by atoms with Gasteiger partial charge in [0.15, 0.2) is 0 Å². The van der Waals surface area contributed by atoms with E-state index in [9.17, 15) is 9.90 Å². The van der Waals surface area contributed by atoms with Crippen LogP contribution in [0.5, 0.6) is 0 Å². The van der Waals surface area contributed by atoms with Gasteiger partial charge in [-0.25, -0.2) is 4.79 Å². The molecule has 1 atom stereocenters. The van der Waals surface area contributed by atoms with E-state index in [-0.39, 0.29) is 12.6 Å². The van der Waals surface area contributed by atoms with Gasteiger partial charge < -0.3 is 15.7 Å². The molecule has 3 N–H and O–H groups in total. The van der Waals surface area contributed by atoms with Gasteiger partial charge in [-0.2, -0.15) is 0 Å². The van der Waals surface area contributed by atoms with E-state index in [0.717, 1.165) is 32.5 Å². The molecule has 2 amide bonds. The van der Waals surface area contributed by atoms with Crippen LogP contribution in [0.25, 0.3) is 10.1 Å². The predicted octanol–water partition coefficient (Wildman–Crippen LogP) is 4.37. The molecular weight excluding hydrogens is 320 g/mol. The zero-order valence-corrected chi connectivity index (χ0v) is 14.5. The summed E-state index contributed by atoms with van der Waals surface area (Å²) in [7, 11) is 0. The number of aryl methyl sites for hydroxylation is 2. The molecule has 3 rings (SSSR count). The number of anilines is 1. The third-order valence-corrected chi connectivity index (χ3v) is 4.79. The molecular formula is C19H20N2O2S. The minimum atomic E-state index is -0.730. The van der Waals surface area contributed by atoms with Crippen molar-refractivity contribution in [3.8, 4) is 0 Å². The molecule has 1 unspecified atom stereocenters. The second-order valence-corrected chi connectivity index (χ2v) is 6.83. The number of aliphatic hydroxyl groups is 1. The first-order chi connectivity index (χ1) is 11.5. The van der Waals surface area contributed by atoms with Gasteiger partial charge in [-0.1, -0.05) is 24.3 Å². The molecule has 5 heteroatoms. The first kappa shape index (κ1) is 16.5. The first-order valence-electron chi connectivity index (χ1n) is 7.80. The van der Waals surface area contributed by atoms with Crippen LogP contribution in [0, 0.1) is 13.8 Å². The van der Waals surface area contributed by atoms with Gasteiger partial charge in [0.1, 0.15) is 0 Å². The van der Waals surface area contributed by atoms with Gasteiger partial charge in [-0.3, -0.25) is 0 Å². The molecule has 24 heavy (non-hydrogen) atoms. The Morgan fingerprint density at radius 3 is 2.62 bits per heavy atom. The van der Waals surface area contributed by atoms with Crippen molar-refractivity contribution in [1.82, 2.24) is 5.32 Å². The molecule has 0 fully saturated rings. The molecule has 0 bridgehead atoms. The molecule has 3 aromatic rings. The maximum Gasteiger partial charge on any atom is 0.319 e. The molecule has 4 nitrogen and oxygen atoms in total.